The molecule has 1 aliphatic rings. The van der Waals surface area contributed by atoms with Crippen LogP contribution in [0, 0.1) is 0 Å². The average molecular weight is 284 g/mol. The third-order valence-corrected chi connectivity index (χ3v) is 2.24. The van der Waals surface area contributed by atoms with Gasteiger partial charge in [-0.3, -0.25) is 0 Å². The molecule has 1 fully saturated rings. The van der Waals surface area contributed by atoms with Crippen molar-refractivity contribution in [2.45, 2.75) is 29.9 Å². The van der Waals surface area contributed by atoms with Gasteiger partial charge in [0.2, 0.25) is 0 Å². The van der Waals surface area contributed by atoms with Gasteiger partial charge in [-0.25, -0.2) is 0 Å². The minimum absolute atomic E-state index is 0. The summed E-state index contributed by atoms with van der Waals surface area (Å²) in [6, 6.07) is 0. The van der Waals surface area contributed by atoms with E-state index in [-0.39, 0.29) is 32.7 Å². The molecular formula is C6H11O5SY-. The fourth-order valence-electron chi connectivity index (χ4n) is 1.07. The van der Waals surface area contributed by atoms with E-state index in [9.17, 15) is 5.11 Å². The molecule has 0 aromatic carbocycles. The molecule has 5 atom stereocenters. The van der Waals surface area contributed by atoms with Crippen molar-refractivity contribution in [2.75, 3.05) is 6.61 Å². The first-order chi connectivity index (χ1) is 5.57. The Morgan fingerprint density at radius 2 is 1.62 bits per heavy atom. The first kappa shape index (κ1) is 14.3. The Balaban J connectivity index is 0.00000144. The molecule has 1 heterocycles. The average Bonchev–Trinajstić information content (AvgIpc) is 2.08. The number of rotatable bonds is 1. The van der Waals surface area contributed by atoms with Crippen LogP contribution in [0.4, 0.5) is 0 Å². The van der Waals surface area contributed by atoms with Crippen molar-refractivity contribution < 1.29 is 57.9 Å². The molecule has 1 rings (SSSR count). The van der Waals surface area contributed by atoms with Gasteiger partial charge in [-0.1, -0.05) is 0 Å². The summed E-state index contributed by atoms with van der Waals surface area (Å²) in [4.78, 5) is 0. The van der Waals surface area contributed by atoms with Gasteiger partial charge in [0, 0.05) is 32.7 Å². The summed E-state index contributed by atoms with van der Waals surface area (Å²) >= 11 is 4.63. The molecule has 1 saturated heterocycles. The minimum Gasteiger partial charge on any atom is -0.759 e. The Morgan fingerprint density at radius 1 is 1.08 bits per heavy atom. The fourth-order valence-corrected chi connectivity index (χ4v) is 1.37. The summed E-state index contributed by atoms with van der Waals surface area (Å²) in [6.07, 6.45) is -4.83. The Labute approximate surface area is 106 Å². The maximum atomic E-state index is 9.18. The van der Waals surface area contributed by atoms with Crippen molar-refractivity contribution in [3.05, 3.63) is 0 Å². The van der Waals surface area contributed by atoms with Crippen LogP contribution in [0.5, 0.6) is 0 Å². The molecule has 1 radical (unpaired) electrons. The Hall–Kier alpha value is 1.25. The van der Waals surface area contributed by atoms with Gasteiger partial charge in [-0.05, 0) is 5.44 Å². The monoisotopic (exact) mass is 284 g/mol. The summed E-state index contributed by atoms with van der Waals surface area (Å²) in [5.41, 5.74) is -0.986. The van der Waals surface area contributed by atoms with Gasteiger partial charge in [-0.15, -0.1) is 0 Å². The molecular weight excluding hydrogens is 273 g/mol. The third-order valence-electron chi connectivity index (χ3n) is 1.85. The first-order valence-corrected chi connectivity index (χ1v) is 4.01. The van der Waals surface area contributed by atoms with Gasteiger partial charge in [-0.2, -0.15) is 0 Å². The van der Waals surface area contributed by atoms with Crippen LogP contribution < -0.4 is 0 Å². The van der Waals surface area contributed by atoms with E-state index in [1.165, 1.54) is 0 Å². The zero-order valence-electron chi connectivity index (χ0n) is 6.78. The second kappa shape index (κ2) is 5.97. The molecule has 75 valence electrons. The molecule has 0 amide bonds. The van der Waals surface area contributed by atoms with E-state index in [0.717, 1.165) is 0 Å². The van der Waals surface area contributed by atoms with Crippen LogP contribution in [0.15, 0.2) is 0 Å². The smallest absolute Gasteiger partial charge is 0.111 e. The van der Waals surface area contributed by atoms with Crippen LogP contribution in [0.2, 0.25) is 0 Å². The van der Waals surface area contributed by atoms with Crippen molar-refractivity contribution in [3.8, 4) is 0 Å². The first-order valence-electron chi connectivity index (χ1n) is 3.54. The van der Waals surface area contributed by atoms with E-state index in [2.05, 4.69) is 12.6 Å². The molecule has 0 aromatic heterocycles. The SMILES string of the molecule is OCC1OC([S-])C(O)C(O)C1O.[Y]. The largest absolute Gasteiger partial charge is 0.759 e. The molecule has 0 saturated carbocycles. The fraction of sp³-hybridized carbons (Fsp3) is 1.00. The van der Waals surface area contributed by atoms with E-state index in [1.54, 1.807) is 0 Å². The van der Waals surface area contributed by atoms with E-state index in [0.29, 0.717) is 0 Å². The topological polar surface area (TPSA) is 90.2 Å². The number of aliphatic hydroxyl groups is 4. The van der Waals surface area contributed by atoms with Gasteiger partial charge in [0.05, 0.1) is 12.7 Å². The van der Waals surface area contributed by atoms with Gasteiger partial charge in [0.1, 0.15) is 18.3 Å². The third kappa shape index (κ3) is 3.10. The Kier molecular flexibility index (Phi) is 6.55. The molecule has 0 bridgehead atoms. The van der Waals surface area contributed by atoms with Gasteiger partial charge < -0.3 is 37.8 Å². The van der Waals surface area contributed by atoms with Crippen LogP contribution in [0.25, 0.3) is 0 Å². The van der Waals surface area contributed by atoms with Crippen LogP contribution in [-0.2, 0) is 50.1 Å². The number of hydrogen-bond donors (Lipinski definition) is 4. The molecule has 1 aliphatic heterocycles. The Bertz CT molecular complexity index is 155. The molecule has 13 heavy (non-hydrogen) atoms. The van der Waals surface area contributed by atoms with Crippen molar-refractivity contribution in [1.82, 2.24) is 0 Å². The summed E-state index contributed by atoms with van der Waals surface area (Å²) in [6.45, 7) is -0.432. The molecule has 0 aliphatic carbocycles. The molecule has 0 aromatic rings. The van der Waals surface area contributed by atoms with Gasteiger partial charge in [0.15, 0.2) is 0 Å². The molecule has 0 spiro atoms. The molecule has 7 heteroatoms. The molecule has 5 unspecified atom stereocenters. The summed E-state index contributed by atoms with van der Waals surface area (Å²) < 4.78 is 4.84. The summed E-state index contributed by atoms with van der Waals surface area (Å²) in [7, 11) is 0. The molecule has 4 N–H and O–H groups in total. The summed E-state index contributed by atoms with van der Waals surface area (Å²) in [5, 5.41) is 36.1. The second-order valence-electron chi connectivity index (χ2n) is 2.70. The summed E-state index contributed by atoms with van der Waals surface area (Å²) in [5.74, 6) is 0. The van der Waals surface area contributed by atoms with E-state index >= 15 is 0 Å². The number of aliphatic hydroxyl groups excluding tert-OH is 4. The van der Waals surface area contributed by atoms with Crippen LogP contribution in [0.1, 0.15) is 0 Å². The van der Waals surface area contributed by atoms with E-state index < -0.39 is 36.5 Å². The number of hydrogen-bond acceptors (Lipinski definition) is 6. The van der Waals surface area contributed by atoms with Crippen LogP contribution >= 0.6 is 0 Å². The Morgan fingerprint density at radius 3 is 2.08 bits per heavy atom. The van der Waals surface area contributed by atoms with Crippen molar-refractivity contribution >= 4 is 12.6 Å². The number of ether oxygens (including phenoxy) is 1. The van der Waals surface area contributed by atoms with Crippen LogP contribution in [0.3, 0.4) is 0 Å². The predicted octanol–water partition coefficient (Wildman–Crippen LogP) is -2.67. The predicted molar refractivity (Wildman–Crippen MR) is 41.1 cm³/mol. The van der Waals surface area contributed by atoms with Crippen molar-refractivity contribution in [3.63, 3.8) is 0 Å². The van der Waals surface area contributed by atoms with E-state index in [4.69, 9.17) is 20.1 Å². The zero-order chi connectivity index (χ0) is 9.30. The minimum atomic E-state index is -1.35. The normalized spacial score (nSPS) is 45.5. The van der Waals surface area contributed by atoms with Gasteiger partial charge in [0.25, 0.3) is 0 Å². The maximum Gasteiger partial charge on any atom is 0.111 e. The quantitative estimate of drug-likeness (QED) is 0.393. The van der Waals surface area contributed by atoms with Crippen molar-refractivity contribution in [1.29, 1.82) is 0 Å². The van der Waals surface area contributed by atoms with Gasteiger partial charge >= 0.3 is 0 Å². The second-order valence-corrected chi connectivity index (χ2v) is 3.16. The zero-order valence-corrected chi connectivity index (χ0v) is 10.4. The van der Waals surface area contributed by atoms with E-state index in [1.807, 2.05) is 0 Å². The van der Waals surface area contributed by atoms with Crippen LogP contribution in [-0.4, -0.2) is 56.9 Å². The standard InChI is InChI=1S/C6H12O5S.Y/c7-1-2-3(8)4(9)5(10)6(12)11-2;/h2-10,12H,1H2;/p-1. The molecule has 5 nitrogen and oxygen atoms in total. The van der Waals surface area contributed by atoms with Crippen molar-refractivity contribution in [2.24, 2.45) is 0 Å². The maximum absolute atomic E-state index is 9.18.